The summed E-state index contributed by atoms with van der Waals surface area (Å²) < 4.78 is 13.2. The van der Waals surface area contributed by atoms with Gasteiger partial charge in [0.2, 0.25) is 0 Å². The van der Waals surface area contributed by atoms with Crippen molar-refractivity contribution in [2.45, 2.75) is 63.9 Å². The lowest BCUT2D eigenvalue weighted by molar-refractivity contribution is -0.0486. The summed E-state index contributed by atoms with van der Waals surface area (Å²) in [6.45, 7) is 9.96. The highest BCUT2D eigenvalue weighted by atomic mass is 32.2. The fourth-order valence-corrected chi connectivity index (χ4v) is 2.86. The number of rotatable bonds is 2. The van der Waals surface area contributed by atoms with Crippen LogP contribution in [0.2, 0.25) is 0 Å². The van der Waals surface area contributed by atoms with Crippen LogP contribution in [-0.4, -0.2) is 35.2 Å². The van der Waals surface area contributed by atoms with E-state index in [2.05, 4.69) is 10.0 Å². The van der Waals surface area contributed by atoms with Crippen LogP contribution in [0.25, 0.3) is 0 Å². The zero-order valence-corrected chi connectivity index (χ0v) is 13.6. The van der Waals surface area contributed by atoms with Crippen LogP contribution in [0.4, 0.5) is 9.59 Å². The van der Waals surface area contributed by atoms with Gasteiger partial charge in [0, 0.05) is 11.9 Å². The Labute approximate surface area is 124 Å². The Morgan fingerprint density at radius 2 is 2.00 bits per heavy atom. The molecule has 1 heterocycles. The van der Waals surface area contributed by atoms with E-state index >= 15 is 0 Å². The molecule has 0 aliphatic carbocycles. The lowest BCUT2D eigenvalue weighted by Gasteiger charge is -2.34. The number of amides is 3. The highest BCUT2D eigenvalue weighted by Crippen LogP contribution is 2.30. The molecule has 2 N–H and O–H groups in total. The van der Waals surface area contributed by atoms with Gasteiger partial charge in [-0.15, -0.1) is 0 Å². The van der Waals surface area contributed by atoms with Crippen LogP contribution in [0.5, 0.6) is 0 Å². The molecule has 0 aromatic rings. The van der Waals surface area contributed by atoms with Crippen molar-refractivity contribution in [2.24, 2.45) is 0 Å². The molecule has 0 spiro atoms. The molecular formula is C13H24N2O4S. The van der Waals surface area contributed by atoms with E-state index < -0.39 is 17.7 Å². The van der Waals surface area contributed by atoms with Gasteiger partial charge in [-0.25, -0.2) is 14.9 Å². The number of ether oxygens (including phenoxy) is 2. The molecule has 1 fully saturated rings. The Balaban J connectivity index is 2.28. The van der Waals surface area contributed by atoms with Crippen molar-refractivity contribution in [1.82, 2.24) is 10.0 Å². The molecule has 1 rings (SSSR count). The molecule has 1 saturated heterocycles. The molecule has 1 aliphatic rings. The van der Waals surface area contributed by atoms with E-state index in [0.29, 0.717) is 6.61 Å². The van der Waals surface area contributed by atoms with E-state index in [0.717, 1.165) is 12.8 Å². The third-order valence-corrected chi connectivity index (χ3v) is 3.62. The molecule has 0 radical (unpaired) electrons. The molecule has 116 valence electrons. The molecule has 3 amide bonds. The zero-order valence-electron chi connectivity index (χ0n) is 12.7. The summed E-state index contributed by atoms with van der Waals surface area (Å²) in [6, 6.07) is -0.562. The van der Waals surface area contributed by atoms with Crippen LogP contribution >= 0.6 is 11.9 Å². The Hall–Kier alpha value is -0.950. The fourth-order valence-electron chi connectivity index (χ4n) is 1.84. The lowest BCUT2D eigenvalue weighted by atomic mass is 9.98. The number of hydrogen-bond donors (Lipinski definition) is 2. The van der Waals surface area contributed by atoms with E-state index in [4.69, 9.17) is 9.47 Å². The minimum Gasteiger partial charge on any atom is -0.443 e. The van der Waals surface area contributed by atoms with Crippen LogP contribution in [0.3, 0.4) is 0 Å². The van der Waals surface area contributed by atoms with Gasteiger partial charge in [-0.3, -0.25) is 4.72 Å². The summed E-state index contributed by atoms with van der Waals surface area (Å²) >= 11 is 1.32. The minimum atomic E-state index is -0.747. The number of carbonyl (C=O) groups is 2. The van der Waals surface area contributed by atoms with Gasteiger partial charge in [-0.1, -0.05) is 0 Å². The molecule has 1 aliphatic heterocycles. The van der Waals surface area contributed by atoms with Gasteiger partial charge >= 0.3 is 12.1 Å². The van der Waals surface area contributed by atoms with Crippen molar-refractivity contribution in [1.29, 1.82) is 0 Å². The first-order chi connectivity index (χ1) is 9.07. The Morgan fingerprint density at radius 3 is 2.55 bits per heavy atom. The lowest BCUT2D eigenvalue weighted by Crippen LogP contribution is -2.42. The maximum atomic E-state index is 11.6. The van der Waals surface area contributed by atoms with Gasteiger partial charge in [0.1, 0.15) is 5.60 Å². The quantitative estimate of drug-likeness (QED) is 0.767. The van der Waals surface area contributed by atoms with E-state index in [1.54, 1.807) is 20.8 Å². The number of imide groups is 1. The SMILES string of the molecule is CC(C)(C)OC(=O)NC(=O)NSC1CCOC(C)(C)C1. The first-order valence-electron chi connectivity index (χ1n) is 6.67. The number of carbonyl (C=O) groups excluding carboxylic acids is 2. The van der Waals surface area contributed by atoms with Crippen LogP contribution in [0.1, 0.15) is 47.5 Å². The Kier molecular flexibility index (Phi) is 5.70. The summed E-state index contributed by atoms with van der Waals surface area (Å²) in [5, 5.41) is 2.41. The van der Waals surface area contributed by atoms with Crippen molar-refractivity contribution < 1.29 is 19.1 Å². The van der Waals surface area contributed by atoms with Crippen molar-refractivity contribution in [3.8, 4) is 0 Å². The van der Waals surface area contributed by atoms with Crippen molar-refractivity contribution in [3.05, 3.63) is 0 Å². The normalized spacial score (nSPS) is 21.9. The molecular weight excluding hydrogens is 280 g/mol. The second-order valence-corrected chi connectivity index (χ2v) is 7.51. The van der Waals surface area contributed by atoms with Crippen LogP contribution < -0.4 is 10.0 Å². The predicted molar refractivity (Wildman–Crippen MR) is 78.5 cm³/mol. The van der Waals surface area contributed by atoms with Crippen molar-refractivity contribution >= 4 is 24.1 Å². The fraction of sp³-hybridized carbons (Fsp3) is 0.846. The smallest absolute Gasteiger partial charge is 0.415 e. The summed E-state index contributed by atoms with van der Waals surface area (Å²) in [7, 11) is 0. The highest BCUT2D eigenvalue weighted by Gasteiger charge is 2.29. The van der Waals surface area contributed by atoms with Crippen LogP contribution in [-0.2, 0) is 9.47 Å². The Morgan fingerprint density at radius 1 is 1.35 bits per heavy atom. The van der Waals surface area contributed by atoms with E-state index in [1.807, 2.05) is 13.8 Å². The standard InChI is InChI=1S/C13H24N2O4S/c1-12(2,3)19-11(17)14-10(16)15-20-9-6-7-18-13(4,5)8-9/h9H,6-8H2,1-5H3,(H2,14,15,16,17). The number of nitrogens with one attached hydrogen (secondary N) is 2. The monoisotopic (exact) mass is 304 g/mol. The maximum Gasteiger partial charge on any atom is 0.415 e. The average molecular weight is 304 g/mol. The van der Waals surface area contributed by atoms with Gasteiger partial charge in [0.05, 0.1) is 5.60 Å². The second kappa shape index (κ2) is 6.67. The maximum absolute atomic E-state index is 11.6. The topological polar surface area (TPSA) is 76.7 Å². The highest BCUT2D eigenvalue weighted by molar-refractivity contribution is 7.98. The third kappa shape index (κ3) is 7.00. The first-order valence-corrected chi connectivity index (χ1v) is 7.55. The average Bonchev–Trinajstić information content (AvgIpc) is 2.22. The molecule has 1 unspecified atom stereocenters. The van der Waals surface area contributed by atoms with Gasteiger partial charge in [0.15, 0.2) is 0 Å². The second-order valence-electron chi connectivity index (χ2n) is 6.40. The van der Waals surface area contributed by atoms with Crippen LogP contribution in [0.15, 0.2) is 0 Å². The summed E-state index contributed by atoms with van der Waals surface area (Å²) in [4.78, 5) is 23.0. The predicted octanol–water partition coefficient (Wildman–Crippen LogP) is 2.83. The summed E-state index contributed by atoms with van der Waals surface area (Å²) in [6.07, 6.45) is 0.980. The number of alkyl carbamates (subject to hydrolysis) is 1. The summed E-state index contributed by atoms with van der Waals surface area (Å²) in [5.74, 6) is 0. The number of hydrogen-bond acceptors (Lipinski definition) is 5. The van der Waals surface area contributed by atoms with E-state index in [9.17, 15) is 9.59 Å². The van der Waals surface area contributed by atoms with Crippen molar-refractivity contribution in [3.63, 3.8) is 0 Å². The molecule has 0 aromatic heterocycles. The van der Waals surface area contributed by atoms with E-state index in [1.165, 1.54) is 11.9 Å². The molecule has 0 aromatic carbocycles. The molecule has 1 atom stereocenters. The van der Waals surface area contributed by atoms with Gasteiger partial charge in [0.25, 0.3) is 0 Å². The van der Waals surface area contributed by atoms with Gasteiger partial charge < -0.3 is 9.47 Å². The molecule has 7 heteroatoms. The van der Waals surface area contributed by atoms with E-state index in [-0.39, 0.29) is 10.9 Å². The van der Waals surface area contributed by atoms with Crippen molar-refractivity contribution in [2.75, 3.05) is 6.61 Å². The Bertz CT molecular complexity index is 366. The molecule has 0 bridgehead atoms. The van der Waals surface area contributed by atoms with Crippen LogP contribution in [0, 0.1) is 0 Å². The molecule has 6 nitrogen and oxygen atoms in total. The molecule has 0 saturated carbocycles. The summed E-state index contributed by atoms with van der Waals surface area (Å²) in [5.41, 5.74) is -0.790. The zero-order chi connectivity index (χ0) is 15.4. The third-order valence-electron chi connectivity index (χ3n) is 2.58. The minimum absolute atomic E-state index is 0.167. The molecule has 20 heavy (non-hydrogen) atoms. The largest absolute Gasteiger partial charge is 0.443 e. The first kappa shape index (κ1) is 17.1. The van der Waals surface area contributed by atoms with Gasteiger partial charge in [-0.05, 0) is 59.4 Å². The van der Waals surface area contributed by atoms with Gasteiger partial charge in [-0.2, -0.15) is 0 Å². The number of urea groups is 1.